The Balaban J connectivity index is 1.98. The second-order valence-electron chi connectivity index (χ2n) is 3.54. The van der Waals surface area contributed by atoms with Gasteiger partial charge in [-0.2, -0.15) is 11.8 Å². The fourth-order valence-electron chi connectivity index (χ4n) is 1.22. The minimum atomic E-state index is 0.118. The van der Waals surface area contributed by atoms with Crippen LogP contribution in [0.5, 0.6) is 0 Å². The lowest BCUT2D eigenvalue weighted by molar-refractivity contribution is -0.118. The third kappa shape index (κ3) is 5.80. The van der Waals surface area contributed by atoms with Crippen molar-refractivity contribution in [3.63, 3.8) is 0 Å². The predicted octanol–water partition coefficient (Wildman–Crippen LogP) is 1.60. The van der Waals surface area contributed by atoms with Gasteiger partial charge in [0.1, 0.15) is 5.82 Å². The molecule has 1 heterocycles. The van der Waals surface area contributed by atoms with Crippen molar-refractivity contribution in [1.82, 2.24) is 15.3 Å². The van der Waals surface area contributed by atoms with Crippen LogP contribution < -0.4 is 5.32 Å². The van der Waals surface area contributed by atoms with Gasteiger partial charge < -0.3 is 10.3 Å². The van der Waals surface area contributed by atoms with Crippen LogP contribution in [0.25, 0.3) is 0 Å². The molecule has 0 bridgehead atoms. The van der Waals surface area contributed by atoms with Crippen LogP contribution in [0.4, 0.5) is 0 Å². The molecule has 0 aliphatic carbocycles. The van der Waals surface area contributed by atoms with Crippen LogP contribution in [-0.2, 0) is 11.2 Å². The average Bonchev–Trinajstić information content (AvgIpc) is 2.77. The highest BCUT2D eigenvalue weighted by molar-refractivity contribution is 7.99. The Morgan fingerprint density at radius 2 is 2.50 bits per heavy atom. The lowest BCUT2D eigenvalue weighted by Gasteiger charge is -2.03. The van der Waals surface area contributed by atoms with Gasteiger partial charge in [0.2, 0.25) is 5.91 Å². The zero-order valence-electron chi connectivity index (χ0n) is 9.66. The van der Waals surface area contributed by atoms with E-state index >= 15 is 0 Å². The van der Waals surface area contributed by atoms with Crippen molar-refractivity contribution in [3.8, 4) is 0 Å². The first-order chi connectivity index (χ1) is 7.83. The zero-order valence-corrected chi connectivity index (χ0v) is 10.5. The number of aromatic nitrogens is 2. The van der Waals surface area contributed by atoms with Gasteiger partial charge in [0.15, 0.2) is 0 Å². The Hall–Kier alpha value is -0.970. The monoisotopic (exact) mass is 241 g/mol. The number of imidazole rings is 1. The van der Waals surface area contributed by atoms with E-state index in [-0.39, 0.29) is 5.91 Å². The molecule has 1 aromatic heterocycles. The predicted molar refractivity (Wildman–Crippen MR) is 67.5 cm³/mol. The van der Waals surface area contributed by atoms with E-state index in [2.05, 4.69) is 22.2 Å². The Labute approximate surface area is 101 Å². The number of unbranched alkanes of at least 4 members (excludes halogenated alkanes) is 1. The van der Waals surface area contributed by atoms with Gasteiger partial charge in [-0.25, -0.2) is 4.98 Å². The number of aromatic amines is 1. The summed E-state index contributed by atoms with van der Waals surface area (Å²) in [5.41, 5.74) is 0. The van der Waals surface area contributed by atoms with Crippen molar-refractivity contribution in [2.75, 3.05) is 18.1 Å². The van der Waals surface area contributed by atoms with Crippen molar-refractivity contribution in [1.29, 1.82) is 0 Å². The summed E-state index contributed by atoms with van der Waals surface area (Å²) in [4.78, 5) is 18.5. The van der Waals surface area contributed by atoms with E-state index in [9.17, 15) is 4.79 Å². The smallest absolute Gasteiger partial charge is 0.230 e. The van der Waals surface area contributed by atoms with Gasteiger partial charge in [-0.1, -0.05) is 13.3 Å². The molecule has 90 valence electrons. The van der Waals surface area contributed by atoms with Crippen molar-refractivity contribution in [2.45, 2.75) is 26.2 Å². The Morgan fingerprint density at radius 3 is 3.19 bits per heavy atom. The molecule has 1 rings (SSSR count). The minimum Gasteiger partial charge on any atom is -0.355 e. The summed E-state index contributed by atoms with van der Waals surface area (Å²) >= 11 is 1.70. The SMILES string of the molecule is CCCCSCC(=O)NCCc1ncc[nH]1. The molecule has 4 nitrogen and oxygen atoms in total. The first kappa shape index (κ1) is 13.1. The van der Waals surface area contributed by atoms with E-state index in [0.717, 1.165) is 18.0 Å². The standard InChI is InChI=1S/C11H19N3OS/c1-2-3-8-16-9-11(15)14-5-4-10-12-6-7-13-10/h6-7H,2-5,8-9H2,1H3,(H,12,13)(H,14,15). The quantitative estimate of drug-likeness (QED) is 0.680. The van der Waals surface area contributed by atoms with Crippen molar-refractivity contribution in [2.24, 2.45) is 0 Å². The molecule has 0 aliphatic rings. The van der Waals surface area contributed by atoms with E-state index < -0.39 is 0 Å². The van der Waals surface area contributed by atoms with Crippen LogP contribution in [-0.4, -0.2) is 33.9 Å². The van der Waals surface area contributed by atoms with E-state index in [4.69, 9.17) is 0 Å². The highest BCUT2D eigenvalue weighted by atomic mass is 32.2. The molecule has 16 heavy (non-hydrogen) atoms. The summed E-state index contributed by atoms with van der Waals surface area (Å²) < 4.78 is 0. The molecular formula is C11H19N3OS. The van der Waals surface area contributed by atoms with Gasteiger partial charge in [-0.15, -0.1) is 0 Å². The second-order valence-corrected chi connectivity index (χ2v) is 4.65. The Morgan fingerprint density at radius 1 is 1.62 bits per heavy atom. The Bertz CT molecular complexity index is 287. The molecule has 0 unspecified atom stereocenters. The number of nitrogens with zero attached hydrogens (tertiary/aromatic N) is 1. The molecule has 0 aromatic carbocycles. The molecule has 0 saturated heterocycles. The normalized spacial score (nSPS) is 10.3. The maximum Gasteiger partial charge on any atom is 0.230 e. The number of carbonyl (C=O) groups excluding carboxylic acids is 1. The van der Waals surface area contributed by atoms with Crippen molar-refractivity contribution < 1.29 is 4.79 Å². The molecule has 0 spiro atoms. The van der Waals surface area contributed by atoms with Crippen LogP contribution in [0.3, 0.4) is 0 Å². The number of H-pyrrole nitrogens is 1. The zero-order chi connectivity index (χ0) is 11.6. The van der Waals surface area contributed by atoms with Crippen LogP contribution in [0.15, 0.2) is 12.4 Å². The summed E-state index contributed by atoms with van der Waals surface area (Å²) in [5, 5.41) is 2.88. The summed E-state index contributed by atoms with van der Waals surface area (Å²) in [6, 6.07) is 0. The summed E-state index contributed by atoms with van der Waals surface area (Å²) in [6.45, 7) is 2.81. The topological polar surface area (TPSA) is 57.8 Å². The maximum absolute atomic E-state index is 11.4. The van der Waals surface area contributed by atoms with Crippen molar-refractivity contribution in [3.05, 3.63) is 18.2 Å². The highest BCUT2D eigenvalue weighted by Gasteiger charge is 2.01. The molecule has 0 atom stereocenters. The van der Waals surface area contributed by atoms with E-state index in [1.807, 2.05) is 0 Å². The van der Waals surface area contributed by atoms with Crippen LogP contribution in [0.1, 0.15) is 25.6 Å². The molecule has 0 fully saturated rings. The minimum absolute atomic E-state index is 0.118. The van der Waals surface area contributed by atoms with Gasteiger partial charge in [-0.05, 0) is 12.2 Å². The molecule has 1 aromatic rings. The van der Waals surface area contributed by atoms with Gasteiger partial charge >= 0.3 is 0 Å². The maximum atomic E-state index is 11.4. The first-order valence-electron chi connectivity index (χ1n) is 5.65. The molecule has 2 N–H and O–H groups in total. The number of amides is 1. The molecule has 1 amide bonds. The lowest BCUT2D eigenvalue weighted by atomic mass is 10.4. The van der Waals surface area contributed by atoms with Gasteiger partial charge in [-0.3, -0.25) is 4.79 Å². The summed E-state index contributed by atoms with van der Waals surface area (Å²) in [7, 11) is 0. The fraction of sp³-hybridized carbons (Fsp3) is 0.636. The molecule has 0 saturated carbocycles. The molecule has 0 aliphatic heterocycles. The number of nitrogens with one attached hydrogen (secondary N) is 2. The lowest BCUT2D eigenvalue weighted by Crippen LogP contribution is -2.27. The van der Waals surface area contributed by atoms with Gasteiger partial charge in [0, 0.05) is 25.4 Å². The number of thioether (sulfide) groups is 1. The third-order valence-electron chi connectivity index (χ3n) is 2.11. The van der Waals surface area contributed by atoms with Crippen LogP contribution in [0.2, 0.25) is 0 Å². The van der Waals surface area contributed by atoms with Gasteiger partial charge in [0.25, 0.3) is 0 Å². The van der Waals surface area contributed by atoms with Crippen LogP contribution >= 0.6 is 11.8 Å². The number of carbonyl (C=O) groups is 1. The van der Waals surface area contributed by atoms with E-state index in [1.165, 1.54) is 12.8 Å². The molecular weight excluding hydrogens is 222 g/mol. The number of hydrogen-bond acceptors (Lipinski definition) is 3. The number of rotatable bonds is 8. The summed E-state index contributed by atoms with van der Waals surface area (Å²) in [6.07, 6.45) is 6.64. The third-order valence-corrected chi connectivity index (χ3v) is 3.16. The largest absolute Gasteiger partial charge is 0.355 e. The second kappa shape index (κ2) is 8.21. The molecule has 5 heteroatoms. The average molecular weight is 241 g/mol. The Kier molecular flexibility index (Phi) is 6.72. The van der Waals surface area contributed by atoms with Gasteiger partial charge in [0.05, 0.1) is 5.75 Å². The number of hydrogen-bond donors (Lipinski definition) is 2. The summed E-state index contributed by atoms with van der Waals surface area (Å²) in [5.74, 6) is 2.67. The van der Waals surface area contributed by atoms with E-state index in [0.29, 0.717) is 12.3 Å². The van der Waals surface area contributed by atoms with Crippen molar-refractivity contribution >= 4 is 17.7 Å². The fourth-order valence-corrected chi connectivity index (χ4v) is 2.14. The molecule has 0 radical (unpaired) electrons. The van der Waals surface area contributed by atoms with E-state index in [1.54, 1.807) is 24.2 Å². The highest BCUT2D eigenvalue weighted by Crippen LogP contribution is 2.03. The van der Waals surface area contributed by atoms with Crippen LogP contribution in [0, 0.1) is 0 Å². The first-order valence-corrected chi connectivity index (χ1v) is 6.81.